The minimum Gasteiger partial charge on any atom is -0.381 e. The van der Waals surface area contributed by atoms with Crippen molar-refractivity contribution in [3.63, 3.8) is 0 Å². The predicted molar refractivity (Wildman–Crippen MR) is 82.1 cm³/mol. The van der Waals surface area contributed by atoms with E-state index in [2.05, 4.69) is 49.5 Å². The van der Waals surface area contributed by atoms with Gasteiger partial charge in [-0.15, -0.1) is 0 Å². The zero-order valence-electron chi connectivity index (χ0n) is 12.7. The lowest BCUT2D eigenvalue weighted by Crippen LogP contribution is -2.53. The van der Waals surface area contributed by atoms with Gasteiger partial charge in [-0.3, -0.25) is 0 Å². The molecule has 20 heavy (non-hydrogen) atoms. The highest BCUT2D eigenvalue weighted by atomic mass is 16.5. The summed E-state index contributed by atoms with van der Waals surface area (Å²) in [5.74, 6) is 0. The topological polar surface area (TPSA) is 30.5 Å². The van der Waals surface area contributed by atoms with Crippen LogP contribution in [0, 0.1) is 0 Å². The minimum atomic E-state index is 0.130. The third-order valence-corrected chi connectivity index (χ3v) is 4.34. The van der Waals surface area contributed by atoms with Crippen molar-refractivity contribution in [2.75, 3.05) is 33.0 Å². The Morgan fingerprint density at radius 1 is 1.20 bits per heavy atom. The van der Waals surface area contributed by atoms with Gasteiger partial charge in [-0.1, -0.05) is 37.3 Å². The van der Waals surface area contributed by atoms with Crippen LogP contribution in [0.4, 0.5) is 0 Å². The second kappa shape index (κ2) is 7.77. The molecule has 1 atom stereocenters. The monoisotopic (exact) mass is 277 g/mol. The van der Waals surface area contributed by atoms with Gasteiger partial charge in [0.1, 0.15) is 0 Å². The molecule has 1 aliphatic heterocycles. The molecular weight excluding hydrogens is 250 g/mol. The molecule has 1 aromatic carbocycles. The summed E-state index contributed by atoms with van der Waals surface area (Å²) < 4.78 is 11.4. The Bertz CT molecular complexity index is 374. The maximum absolute atomic E-state index is 5.74. The fourth-order valence-electron chi connectivity index (χ4n) is 3.24. The number of benzene rings is 1. The lowest BCUT2D eigenvalue weighted by atomic mass is 9.69. The van der Waals surface area contributed by atoms with Crippen LogP contribution in [-0.4, -0.2) is 39.0 Å². The fourth-order valence-corrected chi connectivity index (χ4v) is 3.24. The van der Waals surface area contributed by atoms with E-state index < -0.39 is 0 Å². The first-order chi connectivity index (χ1) is 9.83. The van der Waals surface area contributed by atoms with Crippen LogP contribution >= 0.6 is 0 Å². The summed E-state index contributed by atoms with van der Waals surface area (Å²) >= 11 is 0. The summed E-state index contributed by atoms with van der Waals surface area (Å²) in [7, 11) is 0. The van der Waals surface area contributed by atoms with Crippen molar-refractivity contribution in [3.05, 3.63) is 35.9 Å². The molecule has 3 nitrogen and oxygen atoms in total. The highest BCUT2D eigenvalue weighted by Gasteiger charge is 2.41. The van der Waals surface area contributed by atoms with Crippen molar-refractivity contribution < 1.29 is 9.47 Å². The van der Waals surface area contributed by atoms with Gasteiger partial charge < -0.3 is 14.8 Å². The lowest BCUT2D eigenvalue weighted by Gasteiger charge is -2.44. The molecule has 1 aromatic rings. The molecular formula is C17H27NO2. The Hall–Kier alpha value is -0.900. The van der Waals surface area contributed by atoms with E-state index in [4.69, 9.17) is 9.47 Å². The molecule has 2 rings (SSSR count). The van der Waals surface area contributed by atoms with Crippen LogP contribution in [0.15, 0.2) is 30.3 Å². The smallest absolute Gasteiger partial charge is 0.0628 e. The van der Waals surface area contributed by atoms with Crippen molar-refractivity contribution in [1.29, 1.82) is 0 Å². The van der Waals surface area contributed by atoms with E-state index >= 15 is 0 Å². The Labute approximate surface area is 122 Å². The summed E-state index contributed by atoms with van der Waals surface area (Å²) in [6, 6.07) is 11.2. The fraction of sp³-hybridized carbons (Fsp3) is 0.647. The van der Waals surface area contributed by atoms with E-state index in [1.165, 1.54) is 5.56 Å². The molecule has 1 saturated heterocycles. The summed E-state index contributed by atoms with van der Waals surface area (Å²) in [5.41, 5.74) is 1.54. The molecule has 0 radical (unpaired) electrons. The summed E-state index contributed by atoms with van der Waals surface area (Å²) in [6.45, 7) is 8.39. The van der Waals surface area contributed by atoms with E-state index in [1.807, 2.05) is 0 Å². The van der Waals surface area contributed by atoms with Crippen LogP contribution in [0.1, 0.15) is 32.3 Å². The molecule has 1 N–H and O–H groups in total. The van der Waals surface area contributed by atoms with Crippen LogP contribution in [-0.2, 0) is 14.9 Å². The van der Waals surface area contributed by atoms with Gasteiger partial charge in [-0.05, 0) is 31.9 Å². The molecule has 0 bridgehead atoms. The van der Waals surface area contributed by atoms with Crippen molar-refractivity contribution in [2.45, 2.75) is 38.1 Å². The van der Waals surface area contributed by atoms with Gasteiger partial charge in [-0.25, -0.2) is 0 Å². The van der Waals surface area contributed by atoms with Gasteiger partial charge in [0.2, 0.25) is 0 Å². The number of hydrogen-bond acceptors (Lipinski definition) is 3. The third-order valence-electron chi connectivity index (χ3n) is 4.34. The number of likely N-dealkylation sites (N-methyl/N-ethyl adjacent to an activating group) is 1. The predicted octanol–water partition coefficient (Wildman–Crippen LogP) is 2.75. The maximum atomic E-state index is 5.74. The Morgan fingerprint density at radius 2 is 1.90 bits per heavy atom. The number of ether oxygens (including phenoxy) is 2. The Morgan fingerprint density at radius 3 is 2.50 bits per heavy atom. The first-order valence-electron chi connectivity index (χ1n) is 7.78. The zero-order chi connectivity index (χ0) is 14.3. The largest absolute Gasteiger partial charge is 0.381 e. The molecule has 0 spiro atoms. The Balaban J connectivity index is 2.28. The lowest BCUT2D eigenvalue weighted by molar-refractivity contribution is 0.0120. The van der Waals surface area contributed by atoms with Gasteiger partial charge in [0.25, 0.3) is 0 Å². The van der Waals surface area contributed by atoms with E-state index in [0.717, 1.165) is 45.8 Å². The third kappa shape index (κ3) is 3.40. The molecule has 1 unspecified atom stereocenters. The maximum Gasteiger partial charge on any atom is 0.0628 e. The van der Waals surface area contributed by atoms with Gasteiger partial charge in [0.15, 0.2) is 0 Å². The summed E-state index contributed by atoms with van der Waals surface area (Å²) in [5, 5.41) is 3.65. The second-order valence-electron chi connectivity index (χ2n) is 5.40. The molecule has 3 heteroatoms. The van der Waals surface area contributed by atoms with Crippen LogP contribution in [0.5, 0.6) is 0 Å². The van der Waals surface area contributed by atoms with Crippen LogP contribution in [0.2, 0.25) is 0 Å². The normalized spacial score (nSPS) is 19.7. The zero-order valence-corrected chi connectivity index (χ0v) is 12.7. The molecule has 1 heterocycles. The van der Waals surface area contributed by atoms with Crippen LogP contribution in [0.25, 0.3) is 0 Å². The van der Waals surface area contributed by atoms with E-state index in [1.54, 1.807) is 0 Å². The number of rotatable bonds is 7. The van der Waals surface area contributed by atoms with Gasteiger partial charge >= 0.3 is 0 Å². The van der Waals surface area contributed by atoms with E-state index in [-0.39, 0.29) is 5.41 Å². The van der Waals surface area contributed by atoms with Crippen LogP contribution < -0.4 is 5.32 Å². The average Bonchev–Trinajstić information content (AvgIpc) is 2.53. The minimum absolute atomic E-state index is 0.130. The molecule has 0 amide bonds. The van der Waals surface area contributed by atoms with Crippen LogP contribution in [0.3, 0.4) is 0 Å². The highest BCUT2D eigenvalue weighted by Crippen LogP contribution is 2.38. The average molecular weight is 277 g/mol. The Kier molecular flexibility index (Phi) is 6.02. The highest BCUT2D eigenvalue weighted by molar-refractivity contribution is 5.28. The molecule has 1 fully saturated rings. The van der Waals surface area contributed by atoms with Crippen molar-refractivity contribution >= 4 is 0 Å². The quantitative estimate of drug-likeness (QED) is 0.831. The first kappa shape index (κ1) is 15.5. The molecule has 0 saturated carbocycles. The van der Waals surface area contributed by atoms with Crippen molar-refractivity contribution in [1.82, 2.24) is 5.32 Å². The molecule has 0 aliphatic carbocycles. The molecule has 112 valence electrons. The molecule has 0 aromatic heterocycles. The molecule has 1 aliphatic rings. The van der Waals surface area contributed by atoms with E-state index in [0.29, 0.717) is 6.04 Å². The summed E-state index contributed by atoms with van der Waals surface area (Å²) in [6.07, 6.45) is 2.11. The second-order valence-corrected chi connectivity index (χ2v) is 5.40. The first-order valence-corrected chi connectivity index (χ1v) is 7.78. The van der Waals surface area contributed by atoms with Crippen molar-refractivity contribution in [2.24, 2.45) is 0 Å². The SMILES string of the molecule is CCNC(COCC)C1(c2ccccc2)CCOCC1. The van der Waals surface area contributed by atoms with Gasteiger partial charge in [0.05, 0.1) is 6.61 Å². The number of hydrogen-bond donors (Lipinski definition) is 1. The van der Waals surface area contributed by atoms with Gasteiger partial charge in [-0.2, -0.15) is 0 Å². The standard InChI is InChI=1S/C17H27NO2/c1-3-18-16(14-19-4-2)17(10-12-20-13-11-17)15-8-6-5-7-9-15/h5-9,16,18H,3-4,10-14H2,1-2H3. The number of nitrogens with one attached hydrogen (secondary N) is 1. The van der Waals surface area contributed by atoms with E-state index in [9.17, 15) is 0 Å². The van der Waals surface area contributed by atoms with Crippen molar-refractivity contribution in [3.8, 4) is 0 Å². The van der Waals surface area contributed by atoms with Gasteiger partial charge in [0, 0.05) is 31.3 Å². The summed E-state index contributed by atoms with van der Waals surface area (Å²) in [4.78, 5) is 0.